The maximum absolute atomic E-state index is 13.1. The first-order valence-electron chi connectivity index (χ1n) is 10.7. The minimum atomic E-state index is -4.85. The lowest BCUT2D eigenvalue weighted by Crippen LogP contribution is -2.43. The second-order valence-electron chi connectivity index (χ2n) is 8.03. The van der Waals surface area contributed by atoms with Crippen LogP contribution in [0.25, 0.3) is 11.1 Å². The van der Waals surface area contributed by atoms with E-state index in [-0.39, 0.29) is 6.54 Å². The van der Waals surface area contributed by atoms with Gasteiger partial charge in [0.15, 0.2) is 6.23 Å². The maximum atomic E-state index is 13.1. The van der Waals surface area contributed by atoms with E-state index in [9.17, 15) is 24.4 Å². The topological polar surface area (TPSA) is 183 Å². The molecule has 1 aliphatic heterocycles. The number of aliphatic hydroxyl groups is 2. The van der Waals surface area contributed by atoms with Crippen molar-refractivity contribution in [1.82, 2.24) is 14.1 Å². The van der Waals surface area contributed by atoms with Gasteiger partial charge in [-0.05, 0) is 35.4 Å². The summed E-state index contributed by atoms with van der Waals surface area (Å²) < 4.78 is 27.7. The molecular formula is C22H24N3O10P. The van der Waals surface area contributed by atoms with Crippen LogP contribution in [-0.2, 0) is 20.4 Å². The summed E-state index contributed by atoms with van der Waals surface area (Å²) in [5.74, 6) is 0.696. The number of hydrogen-bond acceptors (Lipinski definition) is 9. The summed E-state index contributed by atoms with van der Waals surface area (Å²) in [5, 5.41) is 20.6. The fourth-order valence-corrected chi connectivity index (χ4v) is 4.17. The first kappa shape index (κ1) is 25.9. The molecule has 2 aromatic heterocycles. The Morgan fingerprint density at radius 1 is 1.06 bits per heavy atom. The molecule has 14 heteroatoms. The van der Waals surface area contributed by atoms with Crippen molar-refractivity contribution in [2.45, 2.75) is 31.1 Å². The monoisotopic (exact) mass is 521 g/mol. The van der Waals surface area contributed by atoms with Crippen LogP contribution in [0.1, 0.15) is 11.9 Å². The number of pyridine rings is 1. The van der Waals surface area contributed by atoms with Gasteiger partial charge < -0.3 is 29.5 Å². The van der Waals surface area contributed by atoms with E-state index in [1.54, 1.807) is 37.6 Å². The van der Waals surface area contributed by atoms with Gasteiger partial charge >= 0.3 is 13.5 Å². The number of hydrogen-bond donors (Lipinski definition) is 4. The molecule has 0 aliphatic carbocycles. The Hall–Kier alpha value is -3.16. The Bertz CT molecular complexity index is 1380. The highest BCUT2D eigenvalue weighted by atomic mass is 31.2. The normalized spacial score (nSPS) is 22.0. The summed E-state index contributed by atoms with van der Waals surface area (Å²) >= 11 is 0. The van der Waals surface area contributed by atoms with Gasteiger partial charge in [0.05, 0.1) is 26.0 Å². The Kier molecular flexibility index (Phi) is 7.52. The summed E-state index contributed by atoms with van der Waals surface area (Å²) in [6.45, 7) is -0.909. The third-order valence-corrected chi connectivity index (χ3v) is 6.16. The zero-order valence-corrected chi connectivity index (χ0v) is 19.8. The van der Waals surface area contributed by atoms with Crippen LogP contribution < -0.4 is 16.0 Å². The highest BCUT2D eigenvalue weighted by molar-refractivity contribution is 7.46. The van der Waals surface area contributed by atoms with E-state index in [1.807, 2.05) is 12.1 Å². The molecule has 4 N–H and O–H groups in total. The van der Waals surface area contributed by atoms with E-state index in [4.69, 9.17) is 19.3 Å². The molecule has 1 aliphatic rings. The molecule has 4 rings (SSSR count). The van der Waals surface area contributed by atoms with Gasteiger partial charge in [-0.15, -0.1) is 0 Å². The lowest BCUT2D eigenvalue weighted by molar-refractivity contribution is -0.0548. The summed E-state index contributed by atoms with van der Waals surface area (Å²) in [6.07, 6.45) is -3.33. The molecule has 0 amide bonds. The van der Waals surface area contributed by atoms with Crippen LogP contribution >= 0.6 is 7.82 Å². The van der Waals surface area contributed by atoms with E-state index in [0.29, 0.717) is 11.4 Å². The largest absolute Gasteiger partial charge is 0.497 e. The van der Waals surface area contributed by atoms with E-state index >= 15 is 0 Å². The predicted molar refractivity (Wildman–Crippen MR) is 124 cm³/mol. The fraction of sp³-hybridized carbons (Fsp3) is 0.318. The Balaban J connectivity index is 1.59. The number of methoxy groups -OCH3 is 1. The Labute approximate surface area is 204 Å². The van der Waals surface area contributed by atoms with Gasteiger partial charge in [0.25, 0.3) is 5.56 Å². The van der Waals surface area contributed by atoms with Crippen LogP contribution in [0.4, 0.5) is 0 Å². The molecule has 0 unspecified atom stereocenters. The lowest BCUT2D eigenvalue weighted by Gasteiger charge is -2.18. The predicted octanol–water partition coefficient (Wildman–Crippen LogP) is -0.143. The number of aromatic nitrogens is 3. The smallest absolute Gasteiger partial charge is 0.469 e. The van der Waals surface area contributed by atoms with Crippen LogP contribution in [-0.4, -0.2) is 66.1 Å². The van der Waals surface area contributed by atoms with Gasteiger partial charge in [-0.2, -0.15) is 0 Å². The van der Waals surface area contributed by atoms with Gasteiger partial charge in [0.2, 0.25) is 0 Å². The highest BCUT2D eigenvalue weighted by Gasteiger charge is 2.45. The number of phosphoric ester groups is 1. The van der Waals surface area contributed by atoms with Gasteiger partial charge in [-0.1, -0.05) is 12.1 Å². The quantitative estimate of drug-likeness (QED) is 0.289. The Morgan fingerprint density at radius 2 is 1.78 bits per heavy atom. The van der Waals surface area contributed by atoms with Crippen molar-refractivity contribution in [2.75, 3.05) is 13.7 Å². The van der Waals surface area contributed by atoms with Gasteiger partial charge in [0.1, 0.15) is 24.1 Å². The van der Waals surface area contributed by atoms with Crippen LogP contribution in [0.2, 0.25) is 0 Å². The molecule has 0 bridgehead atoms. The number of ether oxygens (including phenoxy) is 2. The molecule has 3 heterocycles. The van der Waals surface area contributed by atoms with Crippen LogP contribution in [0.3, 0.4) is 0 Å². The molecule has 3 aromatic rings. The second-order valence-corrected chi connectivity index (χ2v) is 9.27. The summed E-state index contributed by atoms with van der Waals surface area (Å²) in [4.78, 5) is 47.6. The standard InChI is InChI=1S/C22H24N3O10P/c1-33-16-4-2-13(3-5-16)14-6-8-23-15(10-14)11-25-18(26)7-9-24(22(25)29)21-20(28)19(27)17(35-21)12-34-36(30,31)32/h2-10,17,19-21,27-28H,11-12H2,1H3,(H2,30,31,32)/t17-,19+,20+,21-/m1/s1. The molecule has 1 saturated heterocycles. The van der Waals surface area contributed by atoms with E-state index in [2.05, 4.69) is 9.51 Å². The highest BCUT2D eigenvalue weighted by Crippen LogP contribution is 2.38. The summed E-state index contributed by atoms with van der Waals surface area (Å²) in [7, 11) is -3.28. The van der Waals surface area contributed by atoms with Crippen LogP contribution in [0.5, 0.6) is 5.75 Å². The molecule has 4 atom stereocenters. The zero-order valence-electron chi connectivity index (χ0n) is 18.9. The molecule has 13 nitrogen and oxygen atoms in total. The number of rotatable bonds is 8. The first-order chi connectivity index (χ1) is 17.1. The van der Waals surface area contributed by atoms with Crippen molar-refractivity contribution in [2.24, 2.45) is 0 Å². The first-order valence-corrected chi connectivity index (χ1v) is 12.2. The van der Waals surface area contributed by atoms with Crippen molar-refractivity contribution in [3.63, 3.8) is 0 Å². The van der Waals surface area contributed by atoms with Gasteiger partial charge in [0, 0.05) is 18.5 Å². The molecule has 192 valence electrons. The van der Waals surface area contributed by atoms with Crippen molar-refractivity contribution in [3.05, 3.63) is 81.4 Å². The number of phosphoric acid groups is 1. The molecule has 0 spiro atoms. The Morgan fingerprint density at radius 3 is 2.44 bits per heavy atom. The van der Waals surface area contributed by atoms with Gasteiger partial charge in [-0.25, -0.2) is 9.36 Å². The third kappa shape index (κ3) is 5.63. The number of nitrogens with zero attached hydrogens (tertiary/aromatic N) is 3. The average molecular weight is 521 g/mol. The number of benzene rings is 1. The second kappa shape index (κ2) is 10.4. The van der Waals surface area contributed by atoms with E-state index in [1.165, 1.54) is 0 Å². The fourth-order valence-electron chi connectivity index (χ4n) is 3.83. The van der Waals surface area contributed by atoms with Crippen molar-refractivity contribution >= 4 is 7.82 Å². The van der Waals surface area contributed by atoms with E-state index in [0.717, 1.165) is 32.5 Å². The molecule has 0 radical (unpaired) electrons. The minimum absolute atomic E-state index is 0.182. The minimum Gasteiger partial charge on any atom is -0.497 e. The summed E-state index contributed by atoms with van der Waals surface area (Å²) in [6, 6.07) is 11.9. The van der Waals surface area contributed by atoms with E-state index < -0.39 is 50.2 Å². The summed E-state index contributed by atoms with van der Waals surface area (Å²) in [5.41, 5.74) is 0.630. The third-order valence-electron chi connectivity index (χ3n) is 5.67. The lowest BCUT2D eigenvalue weighted by atomic mass is 10.1. The SMILES string of the molecule is COc1ccc(-c2ccnc(Cn3c(=O)ccn([C@@H]4O[C@H](COP(=O)(O)O)[C@H](O)[C@@H]4O)c3=O)c2)cc1. The van der Waals surface area contributed by atoms with Crippen LogP contribution in [0, 0.1) is 0 Å². The van der Waals surface area contributed by atoms with Crippen molar-refractivity contribution < 1.29 is 38.6 Å². The molecule has 0 saturated carbocycles. The molecule has 1 fully saturated rings. The average Bonchev–Trinajstić information content (AvgIpc) is 3.14. The van der Waals surface area contributed by atoms with Crippen molar-refractivity contribution in [3.8, 4) is 16.9 Å². The van der Waals surface area contributed by atoms with Gasteiger partial charge in [-0.3, -0.25) is 23.4 Å². The zero-order chi connectivity index (χ0) is 26.0. The number of aliphatic hydroxyl groups excluding tert-OH is 2. The molecule has 36 heavy (non-hydrogen) atoms. The molecular weight excluding hydrogens is 497 g/mol. The van der Waals surface area contributed by atoms with Crippen molar-refractivity contribution in [1.29, 1.82) is 0 Å². The van der Waals surface area contributed by atoms with Crippen LogP contribution in [0.15, 0.2) is 64.4 Å². The molecule has 1 aromatic carbocycles. The maximum Gasteiger partial charge on any atom is 0.469 e.